The van der Waals surface area contributed by atoms with Gasteiger partial charge in [-0.2, -0.15) is 0 Å². The number of benzene rings is 3. The molecule has 0 amide bonds. The molecule has 0 unspecified atom stereocenters. The first-order valence-electron chi connectivity index (χ1n) is 9.88. The van der Waals surface area contributed by atoms with Crippen molar-refractivity contribution in [2.75, 3.05) is 20.0 Å². The molecular weight excluding hydrogens is 428 g/mol. The highest BCUT2D eigenvalue weighted by Crippen LogP contribution is 2.29. The number of phenols is 1. The van der Waals surface area contributed by atoms with Crippen LogP contribution in [0.3, 0.4) is 0 Å². The summed E-state index contributed by atoms with van der Waals surface area (Å²) in [5, 5.41) is 9.83. The molecule has 0 aromatic heterocycles. The van der Waals surface area contributed by atoms with Crippen molar-refractivity contribution in [3.63, 3.8) is 0 Å². The zero-order valence-corrected chi connectivity index (χ0v) is 18.6. The largest absolute Gasteiger partial charge is 0.504 e. The summed E-state index contributed by atoms with van der Waals surface area (Å²) in [7, 11) is -1.93. The molecule has 0 aliphatic rings. The summed E-state index contributed by atoms with van der Waals surface area (Å²) in [6.07, 6.45) is 3.31. The second kappa shape index (κ2) is 10.2. The van der Waals surface area contributed by atoms with Gasteiger partial charge in [-0.25, -0.2) is 13.2 Å². The van der Waals surface area contributed by atoms with Crippen LogP contribution in [0.5, 0.6) is 11.5 Å². The van der Waals surface area contributed by atoms with E-state index in [0.717, 1.165) is 11.8 Å². The molecule has 3 aromatic carbocycles. The molecule has 0 fully saturated rings. The molecule has 7 heteroatoms. The molecule has 6 nitrogen and oxygen atoms in total. The van der Waals surface area contributed by atoms with Gasteiger partial charge < -0.3 is 14.6 Å². The van der Waals surface area contributed by atoms with Crippen molar-refractivity contribution in [2.24, 2.45) is 0 Å². The maximum Gasteiger partial charge on any atom is 0.338 e. The van der Waals surface area contributed by atoms with Gasteiger partial charge in [-0.3, -0.25) is 0 Å². The lowest BCUT2D eigenvalue weighted by Crippen LogP contribution is -2.10. The molecule has 3 rings (SSSR count). The number of sulfone groups is 1. The average molecular weight is 453 g/mol. The molecule has 0 saturated heterocycles. The summed E-state index contributed by atoms with van der Waals surface area (Å²) >= 11 is 0. The number of hydrogen-bond donors (Lipinski definition) is 1. The van der Waals surface area contributed by atoms with E-state index in [1.807, 2.05) is 30.3 Å². The second-order valence-electron chi connectivity index (χ2n) is 7.16. The monoisotopic (exact) mass is 452 g/mol. The van der Waals surface area contributed by atoms with Crippen LogP contribution < -0.4 is 4.74 Å². The normalized spacial score (nSPS) is 11.8. The molecular formula is C25H24O6S. The van der Waals surface area contributed by atoms with Gasteiger partial charge in [0.15, 0.2) is 21.3 Å². The molecule has 0 heterocycles. The zero-order valence-electron chi connectivity index (χ0n) is 17.8. The number of aromatic hydroxyl groups is 1. The average Bonchev–Trinajstić information content (AvgIpc) is 2.78. The minimum absolute atomic E-state index is 0.0193. The number of carbonyl (C=O) groups excluding carboxylic acids is 1. The summed E-state index contributed by atoms with van der Waals surface area (Å²) in [5.41, 5.74) is 2.42. The van der Waals surface area contributed by atoms with Crippen molar-refractivity contribution >= 4 is 27.5 Å². The van der Waals surface area contributed by atoms with Crippen LogP contribution in [-0.4, -0.2) is 39.5 Å². The maximum atomic E-state index is 13.0. The highest BCUT2D eigenvalue weighted by Gasteiger charge is 2.16. The van der Waals surface area contributed by atoms with E-state index in [2.05, 4.69) is 0 Å². The molecule has 0 saturated carbocycles. The summed E-state index contributed by atoms with van der Waals surface area (Å²) in [6.45, 7) is 0.195. The third kappa shape index (κ3) is 5.98. The Hall–Kier alpha value is -3.58. The van der Waals surface area contributed by atoms with Gasteiger partial charge in [0.1, 0.15) is 0 Å². The van der Waals surface area contributed by atoms with Crippen molar-refractivity contribution in [1.29, 1.82) is 0 Å². The molecule has 166 valence electrons. The van der Waals surface area contributed by atoms with Gasteiger partial charge in [0, 0.05) is 12.7 Å². The Balaban J connectivity index is 1.90. The first kappa shape index (κ1) is 23.1. The molecule has 0 atom stereocenters. The molecule has 32 heavy (non-hydrogen) atoms. The number of methoxy groups -OCH3 is 1. The Morgan fingerprint density at radius 1 is 1.00 bits per heavy atom. The molecule has 1 N–H and O–H groups in total. The lowest BCUT2D eigenvalue weighted by Gasteiger charge is -2.11. The molecule has 0 aliphatic carbocycles. The smallest absolute Gasteiger partial charge is 0.338 e. The van der Waals surface area contributed by atoms with Crippen LogP contribution in [0.15, 0.2) is 77.7 Å². The van der Waals surface area contributed by atoms with Gasteiger partial charge >= 0.3 is 5.97 Å². The third-order valence-corrected chi connectivity index (χ3v) is 5.92. The van der Waals surface area contributed by atoms with Gasteiger partial charge in [-0.1, -0.05) is 48.5 Å². The van der Waals surface area contributed by atoms with Crippen LogP contribution in [0, 0.1) is 0 Å². The van der Waals surface area contributed by atoms with Gasteiger partial charge in [0.2, 0.25) is 0 Å². The van der Waals surface area contributed by atoms with Crippen LogP contribution in [0.1, 0.15) is 16.7 Å². The number of rotatable bonds is 8. The van der Waals surface area contributed by atoms with E-state index >= 15 is 0 Å². The van der Waals surface area contributed by atoms with Crippen molar-refractivity contribution in [2.45, 2.75) is 11.3 Å². The lowest BCUT2D eigenvalue weighted by molar-refractivity contribution is -0.136. The Bertz CT molecular complexity index is 1210. The number of phenolic OH excluding ortho intramolecular Hbond substituents is 1. The lowest BCUT2D eigenvalue weighted by atomic mass is 10.0. The second-order valence-corrected chi connectivity index (χ2v) is 9.17. The zero-order chi connectivity index (χ0) is 23.1. The van der Waals surface area contributed by atoms with E-state index in [1.165, 1.54) is 25.3 Å². The van der Waals surface area contributed by atoms with Crippen molar-refractivity contribution < 1.29 is 27.8 Å². The van der Waals surface area contributed by atoms with E-state index in [1.54, 1.807) is 30.3 Å². The Kier molecular flexibility index (Phi) is 7.33. The van der Waals surface area contributed by atoms with E-state index in [4.69, 9.17) is 9.47 Å². The molecule has 0 radical (unpaired) electrons. The predicted octanol–water partition coefficient (Wildman–Crippen LogP) is 4.13. The van der Waals surface area contributed by atoms with Gasteiger partial charge in [-0.05, 0) is 47.0 Å². The fourth-order valence-corrected chi connectivity index (χ4v) is 3.71. The predicted molar refractivity (Wildman–Crippen MR) is 123 cm³/mol. The first-order valence-corrected chi connectivity index (χ1v) is 11.8. The quantitative estimate of drug-likeness (QED) is 0.314. The van der Waals surface area contributed by atoms with E-state index in [0.29, 0.717) is 17.5 Å². The number of carbonyl (C=O) groups is 1. The van der Waals surface area contributed by atoms with Gasteiger partial charge in [0.05, 0.1) is 24.2 Å². The van der Waals surface area contributed by atoms with Crippen molar-refractivity contribution in [3.05, 3.63) is 89.5 Å². The van der Waals surface area contributed by atoms with E-state index in [9.17, 15) is 18.3 Å². The minimum Gasteiger partial charge on any atom is -0.504 e. The number of esters is 1. The van der Waals surface area contributed by atoms with Gasteiger partial charge in [0.25, 0.3) is 0 Å². The van der Waals surface area contributed by atoms with Crippen LogP contribution in [0.2, 0.25) is 0 Å². The summed E-state index contributed by atoms with van der Waals surface area (Å²) in [5.74, 6) is -0.294. The highest BCUT2D eigenvalue weighted by atomic mass is 32.2. The number of hydrogen-bond acceptors (Lipinski definition) is 6. The Morgan fingerprint density at radius 3 is 2.31 bits per heavy atom. The van der Waals surface area contributed by atoms with E-state index < -0.39 is 15.8 Å². The van der Waals surface area contributed by atoms with E-state index in [-0.39, 0.29) is 28.6 Å². The molecule has 0 bridgehead atoms. The fourth-order valence-electron chi connectivity index (χ4n) is 3.08. The van der Waals surface area contributed by atoms with Crippen molar-refractivity contribution in [1.82, 2.24) is 0 Å². The van der Waals surface area contributed by atoms with Crippen LogP contribution in [0.4, 0.5) is 0 Å². The minimum atomic E-state index is -3.36. The maximum absolute atomic E-state index is 13.0. The number of ether oxygens (including phenoxy) is 2. The van der Waals surface area contributed by atoms with Crippen LogP contribution in [-0.2, 0) is 25.8 Å². The standard InChI is InChI=1S/C25H24O6S/c1-30-24-17-19(8-13-23(24)26)16-22(20-9-11-21(12-10-20)32(2,28)29)25(27)31-15-14-18-6-4-3-5-7-18/h3-13,16-17,26H,14-15H2,1-2H3/b22-16+. The SMILES string of the molecule is COc1cc(/C=C(/C(=O)OCCc2ccccc2)c2ccc(S(C)(=O)=O)cc2)ccc1O. The molecule has 3 aromatic rings. The summed E-state index contributed by atoms with van der Waals surface area (Å²) < 4.78 is 34.2. The molecule has 0 aliphatic heterocycles. The highest BCUT2D eigenvalue weighted by molar-refractivity contribution is 7.90. The topological polar surface area (TPSA) is 89.9 Å². The third-order valence-electron chi connectivity index (χ3n) is 4.79. The summed E-state index contributed by atoms with van der Waals surface area (Å²) in [6, 6.07) is 20.4. The first-order chi connectivity index (χ1) is 15.3. The van der Waals surface area contributed by atoms with Crippen LogP contribution >= 0.6 is 0 Å². The van der Waals surface area contributed by atoms with Crippen molar-refractivity contribution in [3.8, 4) is 11.5 Å². The summed E-state index contributed by atoms with van der Waals surface area (Å²) in [4.78, 5) is 13.1. The Morgan fingerprint density at radius 2 is 1.69 bits per heavy atom. The Labute approximate surface area is 187 Å². The molecule has 0 spiro atoms. The fraction of sp³-hybridized carbons (Fsp3) is 0.160. The van der Waals surface area contributed by atoms with Crippen LogP contribution in [0.25, 0.3) is 11.6 Å². The van der Waals surface area contributed by atoms with Gasteiger partial charge in [-0.15, -0.1) is 0 Å².